The summed E-state index contributed by atoms with van der Waals surface area (Å²) in [5.41, 5.74) is 1.15. The van der Waals surface area contributed by atoms with Gasteiger partial charge in [0.2, 0.25) is 0 Å². The van der Waals surface area contributed by atoms with Crippen LogP contribution in [0, 0.1) is 0 Å². The molecule has 0 aliphatic heterocycles. The van der Waals surface area contributed by atoms with Crippen molar-refractivity contribution in [3.63, 3.8) is 0 Å². The first-order valence-corrected chi connectivity index (χ1v) is 6.27. The molecular formula is C10H15O3P. The van der Waals surface area contributed by atoms with Crippen LogP contribution in [0.3, 0.4) is 0 Å². The van der Waals surface area contributed by atoms with Gasteiger partial charge in [0.05, 0.1) is 5.66 Å². The van der Waals surface area contributed by atoms with E-state index in [1.807, 2.05) is 19.1 Å². The topological polar surface area (TPSA) is 57.5 Å². The fourth-order valence-electron chi connectivity index (χ4n) is 1.23. The lowest BCUT2D eigenvalue weighted by Crippen LogP contribution is -1.94. The van der Waals surface area contributed by atoms with Crippen molar-refractivity contribution in [1.82, 2.24) is 0 Å². The van der Waals surface area contributed by atoms with Gasteiger partial charge in [0.1, 0.15) is 0 Å². The van der Waals surface area contributed by atoms with Gasteiger partial charge in [-0.1, -0.05) is 31.2 Å². The van der Waals surface area contributed by atoms with Crippen LogP contribution in [0.4, 0.5) is 0 Å². The van der Waals surface area contributed by atoms with Crippen molar-refractivity contribution in [1.29, 1.82) is 0 Å². The molecule has 0 amide bonds. The summed E-state index contributed by atoms with van der Waals surface area (Å²) in [5, 5.41) is 0. The summed E-state index contributed by atoms with van der Waals surface area (Å²) in [5.74, 6) is 0. The fourth-order valence-corrected chi connectivity index (χ4v) is 1.79. The molecule has 2 N–H and O–H groups in total. The molecule has 0 unspecified atom stereocenters. The van der Waals surface area contributed by atoms with Crippen LogP contribution in [0.1, 0.15) is 30.6 Å². The molecule has 0 fully saturated rings. The lowest BCUT2D eigenvalue weighted by Gasteiger charge is -2.13. The van der Waals surface area contributed by atoms with Gasteiger partial charge in [-0.05, 0) is 24.5 Å². The highest BCUT2D eigenvalue weighted by atomic mass is 31.2. The Balaban J connectivity index is 2.92. The van der Waals surface area contributed by atoms with Gasteiger partial charge in [-0.25, -0.2) is 0 Å². The molecule has 78 valence electrons. The molecule has 0 aliphatic rings. The Morgan fingerprint density at radius 1 is 1.29 bits per heavy atom. The molecule has 1 aromatic carbocycles. The zero-order chi connectivity index (χ0) is 10.8. The maximum atomic E-state index is 11.0. The van der Waals surface area contributed by atoms with Gasteiger partial charge in [-0.3, -0.25) is 4.57 Å². The lowest BCUT2D eigenvalue weighted by atomic mass is 10.1. The Hall–Kier alpha value is -0.630. The second-order valence-electron chi connectivity index (χ2n) is 3.36. The largest absolute Gasteiger partial charge is 0.332 e. The minimum absolute atomic E-state index is 0.690. The second-order valence-corrected chi connectivity index (χ2v) is 5.31. The highest BCUT2D eigenvalue weighted by Gasteiger charge is 2.25. The zero-order valence-electron chi connectivity index (χ0n) is 8.34. The Labute approximate surface area is 83.9 Å². The first-order valence-electron chi connectivity index (χ1n) is 4.59. The van der Waals surface area contributed by atoms with E-state index >= 15 is 0 Å². The first kappa shape index (κ1) is 11.4. The molecule has 1 atom stereocenters. The van der Waals surface area contributed by atoms with E-state index in [2.05, 4.69) is 0 Å². The molecule has 0 saturated carbocycles. The van der Waals surface area contributed by atoms with Crippen molar-refractivity contribution >= 4 is 7.60 Å². The van der Waals surface area contributed by atoms with Gasteiger partial charge >= 0.3 is 7.60 Å². The van der Waals surface area contributed by atoms with Crippen LogP contribution >= 0.6 is 7.60 Å². The van der Waals surface area contributed by atoms with Crippen LogP contribution in [-0.4, -0.2) is 9.79 Å². The Morgan fingerprint density at radius 2 is 1.79 bits per heavy atom. The van der Waals surface area contributed by atoms with E-state index < -0.39 is 13.3 Å². The number of hydrogen-bond acceptors (Lipinski definition) is 1. The normalized spacial score (nSPS) is 14.0. The van der Waals surface area contributed by atoms with E-state index in [0.29, 0.717) is 5.56 Å². The highest BCUT2D eigenvalue weighted by molar-refractivity contribution is 7.52. The summed E-state index contributed by atoms with van der Waals surface area (Å²) in [7, 11) is -4.00. The summed E-state index contributed by atoms with van der Waals surface area (Å²) in [6.07, 6.45) is 0.935. The molecule has 0 heterocycles. The van der Waals surface area contributed by atoms with E-state index in [1.54, 1.807) is 19.1 Å². The van der Waals surface area contributed by atoms with Crippen LogP contribution in [-0.2, 0) is 11.0 Å². The molecule has 3 nitrogen and oxygen atoms in total. The summed E-state index contributed by atoms with van der Waals surface area (Å²) in [6, 6.07) is 7.37. The average molecular weight is 214 g/mol. The molecule has 0 aliphatic carbocycles. The summed E-state index contributed by atoms with van der Waals surface area (Å²) < 4.78 is 11.0. The quantitative estimate of drug-likeness (QED) is 0.760. The number of benzene rings is 1. The summed E-state index contributed by atoms with van der Waals surface area (Å²) in [4.78, 5) is 18.0. The van der Waals surface area contributed by atoms with Crippen molar-refractivity contribution in [3.8, 4) is 0 Å². The number of hydrogen-bond donors (Lipinski definition) is 2. The van der Waals surface area contributed by atoms with Crippen LogP contribution < -0.4 is 0 Å². The summed E-state index contributed by atoms with van der Waals surface area (Å²) in [6.45, 7) is 3.59. The van der Waals surface area contributed by atoms with E-state index in [-0.39, 0.29) is 0 Å². The SMILES string of the molecule is CCc1ccc([C@H](C)P(=O)(O)O)cc1. The van der Waals surface area contributed by atoms with Crippen molar-refractivity contribution in [2.45, 2.75) is 25.9 Å². The smallest absolute Gasteiger partial charge is 0.324 e. The number of aryl methyl sites for hydroxylation is 1. The van der Waals surface area contributed by atoms with Crippen LogP contribution in [0.15, 0.2) is 24.3 Å². The van der Waals surface area contributed by atoms with Gasteiger partial charge in [0.15, 0.2) is 0 Å². The molecule has 4 heteroatoms. The zero-order valence-corrected chi connectivity index (χ0v) is 9.24. The predicted molar refractivity (Wildman–Crippen MR) is 56.3 cm³/mol. The van der Waals surface area contributed by atoms with Crippen molar-refractivity contribution < 1.29 is 14.4 Å². The molecule has 0 radical (unpaired) electrons. The average Bonchev–Trinajstić information content (AvgIpc) is 2.15. The first-order chi connectivity index (χ1) is 6.45. The third kappa shape index (κ3) is 2.68. The fraction of sp³-hybridized carbons (Fsp3) is 0.400. The highest BCUT2D eigenvalue weighted by Crippen LogP contribution is 2.51. The van der Waals surface area contributed by atoms with Gasteiger partial charge < -0.3 is 9.79 Å². The molecule has 1 rings (SSSR count). The van der Waals surface area contributed by atoms with Gasteiger partial charge in [0, 0.05) is 0 Å². The molecule has 0 bridgehead atoms. The maximum Gasteiger partial charge on any atom is 0.332 e. The second kappa shape index (κ2) is 4.26. The predicted octanol–water partition coefficient (Wildman–Crippen LogP) is 2.49. The van der Waals surface area contributed by atoms with Gasteiger partial charge in [0.25, 0.3) is 0 Å². The third-order valence-corrected chi connectivity index (χ3v) is 3.68. The monoisotopic (exact) mass is 214 g/mol. The molecule has 0 saturated heterocycles. The van der Waals surface area contributed by atoms with Crippen molar-refractivity contribution in [3.05, 3.63) is 35.4 Å². The Morgan fingerprint density at radius 3 is 2.14 bits per heavy atom. The van der Waals surface area contributed by atoms with E-state index in [1.165, 1.54) is 5.56 Å². The lowest BCUT2D eigenvalue weighted by molar-refractivity contribution is 0.362. The Bertz CT molecular complexity index is 339. The van der Waals surface area contributed by atoms with Crippen LogP contribution in [0.25, 0.3) is 0 Å². The number of rotatable bonds is 3. The van der Waals surface area contributed by atoms with Crippen molar-refractivity contribution in [2.24, 2.45) is 0 Å². The summed E-state index contributed by atoms with van der Waals surface area (Å²) >= 11 is 0. The minimum Gasteiger partial charge on any atom is -0.324 e. The standard InChI is InChI=1S/C10H15O3P/c1-3-9-4-6-10(7-5-9)8(2)14(11,12)13/h4-8H,3H2,1-2H3,(H2,11,12,13)/t8-/m0/s1. The third-order valence-electron chi connectivity index (χ3n) is 2.37. The molecule has 1 aromatic rings. The van der Waals surface area contributed by atoms with Crippen molar-refractivity contribution in [2.75, 3.05) is 0 Å². The van der Waals surface area contributed by atoms with E-state index in [9.17, 15) is 4.57 Å². The minimum atomic E-state index is -4.00. The van der Waals surface area contributed by atoms with Gasteiger partial charge in [-0.15, -0.1) is 0 Å². The van der Waals surface area contributed by atoms with Gasteiger partial charge in [-0.2, -0.15) is 0 Å². The van der Waals surface area contributed by atoms with E-state index in [0.717, 1.165) is 6.42 Å². The Kier molecular flexibility index (Phi) is 3.48. The molecular weight excluding hydrogens is 199 g/mol. The van der Waals surface area contributed by atoms with Crippen LogP contribution in [0.5, 0.6) is 0 Å². The maximum absolute atomic E-state index is 11.0. The molecule has 0 spiro atoms. The van der Waals surface area contributed by atoms with Crippen LogP contribution in [0.2, 0.25) is 0 Å². The molecule has 14 heavy (non-hydrogen) atoms. The van der Waals surface area contributed by atoms with E-state index in [4.69, 9.17) is 9.79 Å². The molecule has 0 aromatic heterocycles.